The predicted molar refractivity (Wildman–Crippen MR) is 172 cm³/mol. The lowest BCUT2D eigenvalue weighted by molar-refractivity contribution is -0.271. The summed E-state index contributed by atoms with van der Waals surface area (Å²) in [5.41, 5.74) is 0.307. The average Bonchev–Trinajstić information content (AvgIpc) is 3.38. The van der Waals surface area contributed by atoms with Crippen LogP contribution in [0.3, 0.4) is 0 Å². The molecule has 1 aromatic carbocycles. The van der Waals surface area contributed by atoms with E-state index in [4.69, 9.17) is 14.2 Å². The molecule has 284 valence electrons. The number of carbonyl (C=O) groups excluding carboxylic acids is 6. The number of ether oxygens (including phenoxy) is 3. The van der Waals surface area contributed by atoms with Crippen LogP contribution in [0.1, 0.15) is 25.3 Å². The topological polar surface area (TPSA) is 322 Å². The number of rotatable bonds is 17. The standard InChI is InChI=1S/C30H36N4O17S/c1-15(35)49-12-2-3-16-4-5-19(50-30-26(42)24(40)25(41)27(51-30)29(44)45)17(13-16)32-20(36)8-10-31-28(43)18(14-52(46,47)48)33-21(37)9-11-34-22(38)6-7-23(34)39/h2-7,13,18,24-27,30,40-42H,8-12,14H2,1H3,(H,31,43)(H,32,36)(H,33,37)(H,44,45)(H,46,47,48)/b3-2+/t18-,24-,25+,26-,27-,30+/m0/s1. The zero-order valence-electron chi connectivity index (χ0n) is 27.2. The van der Waals surface area contributed by atoms with Gasteiger partial charge in [0, 0.05) is 45.0 Å². The number of carboxylic acids is 1. The third kappa shape index (κ3) is 12.2. The van der Waals surface area contributed by atoms with Gasteiger partial charge in [0.2, 0.25) is 24.0 Å². The Morgan fingerprint density at radius 2 is 1.67 bits per heavy atom. The summed E-state index contributed by atoms with van der Waals surface area (Å²) in [6.07, 6.45) is -5.80. The predicted octanol–water partition coefficient (Wildman–Crippen LogP) is -3.33. The van der Waals surface area contributed by atoms with Gasteiger partial charge in [0.1, 0.15) is 42.5 Å². The van der Waals surface area contributed by atoms with Gasteiger partial charge in [-0.3, -0.25) is 38.2 Å². The Bertz CT molecular complexity index is 1710. The number of carbonyl (C=O) groups is 7. The second kappa shape index (κ2) is 18.3. The SMILES string of the molecule is CC(=O)OC/C=C/c1ccc(O[C@@H]2O[C@H](C(=O)O)[C@H](O)[C@H](O)[C@@H]2O)c(NC(=O)CCNC(=O)[C@H](CS(=O)(=O)O)NC(=O)CCN2C(=O)C=CC2=O)c1. The minimum Gasteiger partial charge on any atom is -0.479 e. The van der Waals surface area contributed by atoms with Gasteiger partial charge in [-0.05, 0) is 23.8 Å². The van der Waals surface area contributed by atoms with E-state index in [2.05, 4.69) is 16.0 Å². The van der Waals surface area contributed by atoms with Gasteiger partial charge >= 0.3 is 11.9 Å². The van der Waals surface area contributed by atoms with Crippen molar-refractivity contribution in [2.75, 3.05) is 30.8 Å². The molecule has 3 rings (SSSR count). The maximum Gasteiger partial charge on any atom is 0.335 e. The highest BCUT2D eigenvalue weighted by atomic mass is 32.2. The Morgan fingerprint density at radius 1 is 1.00 bits per heavy atom. The number of benzene rings is 1. The highest BCUT2D eigenvalue weighted by molar-refractivity contribution is 7.85. The molecule has 2 aliphatic heterocycles. The van der Waals surface area contributed by atoms with Gasteiger partial charge in [0.25, 0.3) is 21.9 Å². The van der Waals surface area contributed by atoms with Crippen molar-refractivity contribution in [3.8, 4) is 5.75 Å². The molecule has 1 saturated heterocycles. The second-order valence-electron chi connectivity index (χ2n) is 11.2. The molecule has 0 radical (unpaired) electrons. The molecule has 1 fully saturated rings. The van der Waals surface area contributed by atoms with Crippen molar-refractivity contribution in [2.24, 2.45) is 0 Å². The number of carboxylic acid groups (broad SMARTS) is 1. The van der Waals surface area contributed by atoms with E-state index < -0.39 is 113 Å². The van der Waals surface area contributed by atoms with Crippen molar-refractivity contribution in [3.05, 3.63) is 42.0 Å². The summed E-state index contributed by atoms with van der Waals surface area (Å²) in [4.78, 5) is 84.7. The summed E-state index contributed by atoms with van der Waals surface area (Å²) in [5, 5.41) is 46.6. The molecule has 52 heavy (non-hydrogen) atoms. The van der Waals surface area contributed by atoms with Crippen LogP contribution in [0.15, 0.2) is 36.4 Å². The molecular weight excluding hydrogens is 720 g/mol. The minimum absolute atomic E-state index is 0.0951. The number of aliphatic carboxylic acids is 1. The zero-order valence-corrected chi connectivity index (χ0v) is 28.1. The van der Waals surface area contributed by atoms with Crippen LogP contribution in [-0.4, -0.2) is 142 Å². The number of aliphatic hydroxyl groups is 3. The summed E-state index contributed by atoms with van der Waals surface area (Å²) in [7, 11) is -4.81. The number of nitrogens with one attached hydrogen (secondary N) is 3. The molecule has 0 bridgehead atoms. The number of aliphatic hydroxyl groups excluding tert-OH is 3. The maximum absolute atomic E-state index is 12.9. The summed E-state index contributed by atoms with van der Waals surface area (Å²) in [6, 6.07) is 2.24. The van der Waals surface area contributed by atoms with Crippen molar-refractivity contribution in [1.29, 1.82) is 0 Å². The number of imide groups is 1. The number of amides is 5. The van der Waals surface area contributed by atoms with Gasteiger partial charge in [-0.2, -0.15) is 8.42 Å². The van der Waals surface area contributed by atoms with Crippen molar-refractivity contribution in [2.45, 2.75) is 56.5 Å². The van der Waals surface area contributed by atoms with Crippen LogP contribution < -0.4 is 20.7 Å². The van der Waals surface area contributed by atoms with Crippen LogP contribution in [0.5, 0.6) is 5.75 Å². The lowest BCUT2D eigenvalue weighted by Gasteiger charge is -2.38. The van der Waals surface area contributed by atoms with Gasteiger partial charge in [-0.1, -0.05) is 12.1 Å². The molecule has 2 heterocycles. The lowest BCUT2D eigenvalue weighted by Crippen LogP contribution is -2.61. The quantitative estimate of drug-likeness (QED) is 0.0438. The smallest absolute Gasteiger partial charge is 0.335 e. The largest absolute Gasteiger partial charge is 0.479 e. The molecule has 21 nitrogen and oxygen atoms in total. The Balaban J connectivity index is 1.68. The minimum atomic E-state index is -4.81. The average molecular weight is 757 g/mol. The van der Waals surface area contributed by atoms with Crippen molar-refractivity contribution >= 4 is 63.4 Å². The van der Waals surface area contributed by atoms with E-state index in [1.54, 1.807) is 0 Å². The lowest BCUT2D eigenvalue weighted by atomic mass is 9.99. The summed E-state index contributed by atoms with van der Waals surface area (Å²) < 4.78 is 47.9. The Hall–Kier alpha value is -5.26. The van der Waals surface area contributed by atoms with E-state index >= 15 is 0 Å². The van der Waals surface area contributed by atoms with E-state index in [1.807, 2.05) is 0 Å². The number of hydrogen-bond donors (Lipinski definition) is 8. The number of hydrogen-bond acceptors (Lipinski definition) is 15. The van der Waals surface area contributed by atoms with E-state index in [1.165, 1.54) is 37.3 Å². The van der Waals surface area contributed by atoms with Crippen LogP contribution in [0.25, 0.3) is 6.08 Å². The van der Waals surface area contributed by atoms with Crippen LogP contribution in [0.2, 0.25) is 0 Å². The monoisotopic (exact) mass is 756 g/mol. The second-order valence-corrected chi connectivity index (χ2v) is 12.7. The third-order valence-electron chi connectivity index (χ3n) is 7.17. The molecule has 6 atom stereocenters. The summed E-state index contributed by atoms with van der Waals surface area (Å²) in [5.74, 6) is -7.85. The van der Waals surface area contributed by atoms with E-state index in [-0.39, 0.29) is 24.6 Å². The van der Waals surface area contributed by atoms with Crippen molar-refractivity contribution < 1.29 is 81.2 Å². The molecular formula is C30H36N4O17S. The Morgan fingerprint density at radius 3 is 2.29 bits per heavy atom. The van der Waals surface area contributed by atoms with Gasteiger partial charge in [-0.25, -0.2) is 4.79 Å². The van der Waals surface area contributed by atoms with E-state index in [0.717, 1.165) is 17.1 Å². The first-order valence-corrected chi connectivity index (χ1v) is 16.9. The highest BCUT2D eigenvalue weighted by Gasteiger charge is 2.48. The number of esters is 1. The number of anilines is 1. The Kier molecular flexibility index (Phi) is 14.5. The normalized spacial score (nSPS) is 22.2. The van der Waals surface area contributed by atoms with Crippen molar-refractivity contribution in [1.82, 2.24) is 15.5 Å². The molecule has 1 aromatic rings. The molecule has 0 spiro atoms. The van der Waals surface area contributed by atoms with Crippen molar-refractivity contribution in [3.63, 3.8) is 0 Å². The van der Waals surface area contributed by atoms with Crippen LogP contribution >= 0.6 is 0 Å². The van der Waals surface area contributed by atoms with E-state index in [9.17, 15) is 67.0 Å². The summed E-state index contributed by atoms with van der Waals surface area (Å²) in [6.45, 7) is 0.288. The first-order chi connectivity index (χ1) is 24.4. The fourth-order valence-electron chi connectivity index (χ4n) is 4.64. The molecule has 2 aliphatic rings. The molecule has 22 heteroatoms. The highest BCUT2D eigenvalue weighted by Crippen LogP contribution is 2.31. The van der Waals surface area contributed by atoms with Crippen LogP contribution in [0.4, 0.5) is 5.69 Å². The summed E-state index contributed by atoms with van der Waals surface area (Å²) >= 11 is 0. The zero-order chi connectivity index (χ0) is 38.7. The van der Waals surface area contributed by atoms with Crippen LogP contribution in [0, 0.1) is 0 Å². The molecule has 8 N–H and O–H groups in total. The fraction of sp³-hybridized carbons (Fsp3) is 0.433. The molecule has 0 aliphatic carbocycles. The van der Waals surface area contributed by atoms with Gasteiger partial charge in [0.05, 0.1) is 5.69 Å². The van der Waals surface area contributed by atoms with Crippen LogP contribution in [-0.2, 0) is 53.2 Å². The molecule has 0 saturated carbocycles. The molecule has 0 unspecified atom stereocenters. The first-order valence-electron chi connectivity index (χ1n) is 15.2. The van der Waals surface area contributed by atoms with Gasteiger partial charge < -0.3 is 50.6 Å². The molecule has 0 aromatic heterocycles. The maximum atomic E-state index is 12.9. The first kappa shape index (κ1) is 41.2. The van der Waals surface area contributed by atoms with E-state index in [0.29, 0.717) is 5.56 Å². The molecule has 5 amide bonds. The Labute approximate surface area is 294 Å². The third-order valence-corrected chi connectivity index (χ3v) is 7.92. The van der Waals surface area contributed by atoms with Gasteiger partial charge in [-0.15, -0.1) is 0 Å². The number of nitrogens with zero attached hydrogens (tertiary/aromatic N) is 1. The fourth-order valence-corrected chi connectivity index (χ4v) is 5.29. The van der Waals surface area contributed by atoms with Gasteiger partial charge in [0.15, 0.2) is 6.10 Å².